The Morgan fingerprint density at radius 1 is 1.35 bits per heavy atom. The zero-order chi connectivity index (χ0) is 12.1. The van der Waals surface area contributed by atoms with Crippen LogP contribution < -0.4 is 10.6 Å². The highest BCUT2D eigenvalue weighted by Gasteiger charge is 2.34. The molecule has 1 aliphatic heterocycles. The summed E-state index contributed by atoms with van der Waals surface area (Å²) in [5.74, 6) is 1.22. The molecule has 0 radical (unpaired) electrons. The number of amides is 2. The van der Waals surface area contributed by atoms with Crippen molar-refractivity contribution >= 4 is 17.8 Å². The van der Waals surface area contributed by atoms with Crippen molar-refractivity contribution < 1.29 is 9.90 Å². The van der Waals surface area contributed by atoms with Crippen molar-refractivity contribution in [3.05, 3.63) is 0 Å². The van der Waals surface area contributed by atoms with E-state index in [1.807, 2.05) is 11.8 Å². The van der Waals surface area contributed by atoms with Crippen LogP contribution in [0.25, 0.3) is 0 Å². The first kappa shape index (κ1) is 13.0. The molecular weight excluding hydrogens is 236 g/mol. The molecule has 4 nitrogen and oxygen atoms in total. The minimum Gasteiger partial charge on any atom is -0.394 e. The Kier molecular flexibility index (Phi) is 4.56. The van der Waals surface area contributed by atoms with Crippen molar-refractivity contribution in [3.63, 3.8) is 0 Å². The Morgan fingerprint density at radius 3 is 2.71 bits per heavy atom. The molecule has 1 saturated carbocycles. The van der Waals surface area contributed by atoms with Gasteiger partial charge in [0.05, 0.1) is 12.1 Å². The first-order valence-electron chi connectivity index (χ1n) is 6.53. The van der Waals surface area contributed by atoms with Crippen LogP contribution in [0.15, 0.2) is 0 Å². The van der Waals surface area contributed by atoms with Gasteiger partial charge in [0.1, 0.15) is 0 Å². The van der Waals surface area contributed by atoms with Crippen molar-refractivity contribution in [1.29, 1.82) is 0 Å². The highest BCUT2D eigenvalue weighted by Crippen LogP contribution is 2.29. The molecule has 1 aliphatic carbocycles. The van der Waals surface area contributed by atoms with Crippen LogP contribution in [-0.2, 0) is 0 Å². The largest absolute Gasteiger partial charge is 0.394 e. The number of thioether (sulfide) groups is 1. The molecule has 5 heteroatoms. The van der Waals surface area contributed by atoms with E-state index in [1.54, 1.807) is 0 Å². The van der Waals surface area contributed by atoms with Crippen molar-refractivity contribution in [1.82, 2.24) is 10.6 Å². The number of hydrogen-bond acceptors (Lipinski definition) is 3. The molecule has 1 saturated heterocycles. The fraction of sp³-hybridized carbons (Fsp3) is 0.917. The Hall–Kier alpha value is -0.420. The second-order valence-corrected chi connectivity index (χ2v) is 6.52. The third kappa shape index (κ3) is 3.52. The van der Waals surface area contributed by atoms with Gasteiger partial charge in [0.25, 0.3) is 0 Å². The smallest absolute Gasteiger partial charge is 0.315 e. The zero-order valence-corrected chi connectivity index (χ0v) is 11.0. The van der Waals surface area contributed by atoms with Gasteiger partial charge in [-0.2, -0.15) is 11.8 Å². The van der Waals surface area contributed by atoms with Crippen LogP contribution in [0.5, 0.6) is 0 Å². The van der Waals surface area contributed by atoms with Gasteiger partial charge in [0.15, 0.2) is 0 Å². The van der Waals surface area contributed by atoms with Gasteiger partial charge in [0.2, 0.25) is 0 Å². The molecule has 2 rings (SSSR count). The maximum Gasteiger partial charge on any atom is 0.315 e. The van der Waals surface area contributed by atoms with Gasteiger partial charge >= 0.3 is 6.03 Å². The summed E-state index contributed by atoms with van der Waals surface area (Å²) >= 11 is 1.94. The standard InChI is InChI=1S/C12H22N2O2S/c15-9-12(5-1-2-6-12)14-11(16)13-8-10-4-3-7-17-10/h10,15H,1-9H2,(H2,13,14,16). The number of aliphatic hydroxyl groups excluding tert-OH is 1. The summed E-state index contributed by atoms with van der Waals surface area (Å²) in [6.45, 7) is 0.802. The van der Waals surface area contributed by atoms with Crippen molar-refractivity contribution in [3.8, 4) is 0 Å². The highest BCUT2D eigenvalue weighted by atomic mass is 32.2. The molecular formula is C12H22N2O2S. The van der Waals surface area contributed by atoms with Crippen molar-refractivity contribution in [2.45, 2.75) is 49.3 Å². The SMILES string of the molecule is O=C(NCC1CCCS1)NC1(CO)CCCC1. The average molecular weight is 258 g/mol. The Balaban J connectivity index is 1.72. The van der Waals surface area contributed by atoms with E-state index in [1.165, 1.54) is 18.6 Å². The first-order valence-corrected chi connectivity index (χ1v) is 7.57. The number of rotatable bonds is 4. The third-order valence-corrected chi connectivity index (χ3v) is 5.15. The Labute approximate surface area is 107 Å². The fourth-order valence-corrected chi connectivity index (χ4v) is 3.87. The quantitative estimate of drug-likeness (QED) is 0.716. The van der Waals surface area contributed by atoms with Crippen LogP contribution in [0.1, 0.15) is 38.5 Å². The first-order chi connectivity index (χ1) is 8.24. The summed E-state index contributed by atoms with van der Waals surface area (Å²) in [6, 6.07) is -0.117. The fourth-order valence-electron chi connectivity index (χ4n) is 2.67. The van der Waals surface area contributed by atoms with Crippen molar-refractivity contribution in [2.75, 3.05) is 18.9 Å². The van der Waals surface area contributed by atoms with Crippen LogP contribution in [0.2, 0.25) is 0 Å². The summed E-state index contributed by atoms with van der Waals surface area (Å²) in [5.41, 5.74) is -0.354. The molecule has 1 atom stereocenters. The molecule has 0 spiro atoms. The number of nitrogens with one attached hydrogen (secondary N) is 2. The number of carbonyl (C=O) groups is 1. The molecule has 3 N–H and O–H groups in total. The molecule has 2 amide bonds. The molecule has 0 bridgehead atoms. The predicted molar refractivity (Wildman–Crippen MR) is 70.3 cm³/mol. The summed E-state index contributed by atoms with van der Waals surface area (Å²) in [7, 11) is 0. The van der Waals surface area contributed by atoms with E-state index in [2.05, 4.69) is 10.6 Å². The number of aliphatic hydroxyl groups is 1. The third-order valence-electron chi connectivity index (χ3n) is 3.76. The second kappa shape index (κ2) is 5.96. The van der Waals surface area contributed by atoms with Crippen LogP contribution in [0.4, 0.5) is 4.79 Å². The maximum absolute atomic E-state index is 11.8. The van der Waals surface area contributed by atoms with Crippen LogP contribution in [0.3, 0.4) is 0 Å². The average Bonchev–Trinajstić information content (AvgIpc) is 2.98. The zero-order valence-electron chi connectivity index (χ0n) is 10.2. The molecule has 98 valence electrons. The summed E-state index contributed by atoms with van der Waals surface area (Å²) in [5, 5.41) is 15.9. The van der Waals surface area contributed by atoms with E-state index in [0.29, 0.717) is 5.25 Å². The van der Waals surface area contributed by atoms with E-state index >= 15 is 0 Å². The Morgan fingerprint density at radius 2 is 2.12 bits per heavy atom. The lowest BCUT2D eigenvalue weighted by Crippen LogP contribution is -2.53. The topological polar surface area (TPSA) is 61.4 Å². The van der Waals surface area contributed by atoms with E-state index in [9.17, 15) is 9.90 Å². The molecule has 0 aromatic rings. The number of hydrogen-bond donors (Lipinski definition) is 3. The van der Waals surface area contributed by atoms with E-state index in [-0.39, 0.29) is 18.2 Å². The monoisotopic (exact) mass is 258 g/mol. The lowest BCUT2D eigenvalue weighted by Gasteiger charge is -2.28. The van der Waals surface area contributed by atoms with Gasteiger partial charge in [-0.1, -0.05) is 12.8 Å². The molecule has 1 heterocycles. The Bertz CT molecular complexity index is 261. The second-order valence-electron chi connectivity index (χ2n) is 5.12. The molecule has 2 fully saturated rings. The molecule has 2 aliphatic rings. The minimum absolute atomic E-state index is 0.0542. The highest BCUT2D eigenvalue weighted by molar-refractivity contribution is 8.00. The van der Waals surface area contributed by atoms with Gasteiger partial charge < -0.3 is 15.7 Å². The maximum atomic E-state index is 11.8. The molecule has 1 unspecified atom stereocenters. The van der Waals surface area contributed by atoms with Gasteiger partial charge in [0, 0.05) is 11.8 Å². The van der Waals surface area contributed by atoms with Crippen LogP contribution >= 0.6 is 11.8 Å². The lowest BCUT2D eigenvalue weighted by atomic mass is 9.99. The molecule has 0 aromatic carbocycles. The minimum atomic E-state index is -0.354. The van der Waals surface area contributed by atoms with E-state index in [4.69, 9.17) is 0 Å². The number of carbonyl (C=O) groups excluding carboxylic acids is 1. The normalized spacial score (nSPS) is 27.0. The lowest BCUT2D eigenvalue weighted by molar-refractivity contribution is 0.163. The number of urea groups is 1. The van der Waals surface area contributed by atoms with Crippen LogP contribution in [0, 0.1) is 0 Å². The van der Waals surface area contributed by atoms with E-state index < -0.39 is 0 Å². The summed E-state index contributed by atoms with van der Waals surface area (Å²) < 4.78 is 0. The van der Waals surface area contributed by atoms with Gasteiger partial charge in [-0.25, -0.2) is 4.79 Å². The van der Waals surface area contributed by atoms with Gasteiger partial charge in [-0.15, -0.1) is 0 Å². The molecule has 0 aromatic heterocycles. The molecule has 17 heavy (non-hydrogen) atoms. The van der Waals surface area contributed by atoms with Crippen LogP contribution in [-0.4, -0.2) is 40.8 Å². The summed E-state index contributed by atoms with van der Waals surface area (Å²) in [4.78, 5) is 11.8. The van der Waals surface area contributed by atoms with Crippen molar-refractivity contribution in [2.24, 2.45) is 0 Å². The van der Waals surface area contributed by atoms with Gasteiger partial charge in [-0.05, 0) is 31.4 Å². The van der Waals surface area contributed by atoms with Gasteiger partial charge in [-0.3, -0.25) is 0 Å². The summed E-state index contributed by atoms with van der Waals surface area (Å²) in [6.07, 6.45) is 6.46. The predicted octanol–water partition coefficient (Wildman–Crippen LogP) is 1.49. The van der Waals surface area contributed by atoms with E-state index in [0.717, 1.165) is 32.2 Å².